The van der Waals surface area contributed by atoms with E-state index in [2.05, 4.69) is 20.5 Å². The number of carbonyl (C=O) groups is 1. The number of ether oxygens (including phenoxy) is 1. The van der Waals surface area contributed by atoms with Crippen LogP contribution < -0.4 is 10.2 Å². The second-order valence-corrected chi connectivity index (χ2v) is 8.61. The van der Waals surface area contributed by atoms with Gasteiger partial charge >= 0.3 is 0 Å². The van der Waals surface area contributed by atoms with E-state index in [1.165, 1.54) is 12.3 Å². The molecule has 1 N–H and O–H groups in total. The molecule has 180 valence electrons. The Kier molecular flexibility index (Phi) is 8.22. The molecule has 0 fully saturated rings. The van der Waals surface area contributed by atoms with Crippen molar-refractivity contribution in [1.29, 1.82) is 0 Å². The third-order valence-electron chi connectivity index (χ3n) is 4.78. The predicted octanol–water partition coefficient (Wildman–Crippen LogP) is 5.53. The first-order valence-electron chi connectivity index (χ1n) is 10.5. The van der Waals surface area contributed by atoms with Gasteiger partial charge in [-0.15, -0.1) is 0 Å². The lowest BCUT2D eigenvalue weighted by atomic mass is 10.2. The van der Waals surface area contributed by atoms with Crippen molar-refractivity contribution in [2.24, 2.45) is 5.10 Å². The lowest BCUT2D eigenvalue weighted by Gasteiger charge is -2.11. The van der Waals surface area contributed by atoms with Gasteiger partial charge in [0.05, 0.1) is 21.6 Å². The molecule has 9 nitrogen and oxygen atoms in total. The van der Waals surface area contributed by atoms with Crippen LogP contribution in [-0.2, 0) is 6.61 Å². The molecule has 4 aromatic rings. The monoisotopic (exact) mass is 519 g/mol. The SMILES string of the molecule is O=C(N/N=C/c1ccc(Sc2ncccn2)c([N+](=O)[O-])c1)c1ccccc1OCc1ccccc1Cl. The highest BCUT2D eigenvalue weighted by Crippen LogP contribution is 2.33. The van der Waals surface area contributed by atoms with Gasteiger partial charge in [0.1, 0.15) is 12.4 Å². The number of aromatic nitrogens is 2. The number of nitrogens with one attached hydrogen (secondary N) is 1. The molecule has 1 aromatic heterocycles. The highest BCUT2D eigenvalue weighted by Gasteiger charge is 2.17. The lowest BCUT2D eigenvalue weighted by molar-refractivity contribution is -0.387. The number of nitrogens with zero attached hydrogens (tertiary/aromatic N) is 4. The van der Waals surface area contributed by atoms with Crippen LogP contribution in [0.4, 0.5) is 5.69 Å². The molecule has 0 saturated heterocycles. The number of nitro groups is 1. The summed E-state index contributed by atoms with van der Waals surface area (Å²) < 4.78 is 5.81. The smallest absolute Gasteiger partial charge is 0.283 e. The predicted molar refractivity (Wildman–Crippen MR) is 137 cm³/mol. The van der Waals surface area contributed by atoms with Crippen LogP contribution in [0.15, 0.2) is 100 Å². The Labute approximate surface area is 215 Å². The molecule has 1 amide bonds. The molecule has 0 spiro atoms. The number of hydrazone groups is 1. The summed E-state index contributed by atoms with van der Waals surface area (Å²) >= 11 is 7.25. The van der Waals surface area contributed by atoms with E-state index in [1.54, 1.807) is 60.9 Å². The van der Waals surface area contributed by atoms with E-state index in [0.717, 1.165) is 17.3 Å². The summed E-state index contributed by atoms with van der Waals surface area (Å²) in [6.07, 6.45) is 4.45. The maximum atomic E-state index is 12.7. The van der Waals surface area contributed by atoms with E-state index in [0.29, 0.717) is 26.4 Å². The molecule has 0 atom stereocenters. The van der Waals surface area contributed by atoms with Crippen molar-refractivity contribution in [3.8, 4) is 5.75 Å². The second kappa shape index (κ2) is 11.9. The Morgan fingerprint density at radius 1 is 1.08 bits per heavy atom. The fraction of sp³-hybridized carbons (Fsp3) is 0.0400. The molecule has 3 aromatic carbocycles. The summed E-state index contributed by atoms with van der Waals surface area (Å²) in [5, 5.41) is 16.5. The van der Waals surface area contributed by atoms with Gasteiger partial charge in [-0.3, -0.25) is 14.9 Å². The number of halogens is 1. The first-order valence-corrected chi connectivity index (χ1v) is 11.7. The quantitative estimate of drug-likeness (QED) is 0.133. The van der Waals surface area contributed by atoms with Gasteiger partial charge in [-0.2, -0.15) is 5.10 Å². The van der Waals surface area contributed by atoms with Gasteiger partial charge in [-0.25, -0.2) is 15.4 Å². The van der Waals surface area contributed by atoms with Crippen molar-refractivity contribution in [3.05, 3.63) is 117 Å². The van der Waals surface area contributed by atoms with Crippen molar-refractivity contribution < 1.29 is 14.5 Å². The summed E-state index contributed by atoms with van der Waals surface area (Å²) in [4.78, 5) is 32.3. The van der Waals surface area contributed by atoms with Crippen LogP contribution in [0.25, 0.3) is 0 Å². The maximum Gasteiger partial charge on any atom is 0.283 e. The largest absolute Gasteiger partial charge is 0.488 e. The summed E-state index contributed by atoms with van der Waals surface area (Å²) in [5.74, 6) is -0.130. The summed E-state index contributed by atoms with van der Waals surface area (Å²) in [6.45, 7) is 0.190. The number of benzene rings is 3. The van der Waals surface area contributed by atoms with Gasteiger partial charge in [0.15, 0.2) is 5.16 Å². The average Bonchev–Trinajstić information content (AvgIpc) is 2.89. The van der Waals surface area contributed by atoms with Gasteiger partial charge in [0.25, 0.3) is 11.6 Å². The van der Waals surface area contributed by atoms with E-state index in [9.17, 15) is 14.9 Å². The third-order valence-corrected chi connectivity index (χ3v) is 6.10. The zero-order valence-corrected chi connectivity index (χ0v) is 20.1. The zero-order valence-electron chi connectivity index (χ0n) is 18.6. The van der Waals surface area contributed by atoms with Crippen molar-refractivity contribution >= 4 is 41.2 Å². The van der Waals surface area contributed by atoms with Gasteiger partial charge in [0.2, 0.25) is 0 Å². The normalized spacial score (nSPS) is 10.8. The highest BCUT2D eigenvalue weighted by molar-refractivity contribution is 7.99. The first-order chi connectivity index (χ1) is 17.5. The van der Waals surface area contributed by atoms with Gasteiger partial charge in [-0.1, -0.05) is 48.0 Å². The Morgan fingerprint density at radius 3 is 2.61 bits per heavy atom. The minimum Gasteiger partial charge on any atom is -0.488 e. The summed E-state index contributed by atoms with van der Waals surface area (Å²) in [5.41, 5.74) is 3.81. The molecule has 0 unspecified atom stereocenters. The maximum absolute atomic E-state index is 12.7. The Balaban J connectivity index is 1.44. The van der Waals surface area contributed by atoms with Gasteiger partial charge in [-0.05, 0) is 42.1 Å². The number of nitro benzene ring substituents is 1. The number of carbonyl (C=O) groups excluding carboxylic acids is 1. The van der Waals surface area contributed by atoms with Crippen LogP contribution in [-0.4, -0.2) is 27.0 Å². The van der Waals surface area contributed by atoms with Gasteiger partial charge < -0.3 is 4.74 Å². The van der Waals surface area contributed by atoms with Gasteiger partial charge in [0, 0.05) is 34.6 Å². The topological polar surface area (TPSA) is 120 Å². The number of amides is 1. The Bertz CT molecular complexity index is 1420. The minimum absolute atomic E-state index is 0.124. The molecule has 0 bridgehead atoms. The molecular formula is C25H18ClN5O4S. The molecule has 11 heteroatoms. The Morgan fingerprint density at radius 2 is 1.83 bits per heavy atom. The summed E-state index contributed by atoms with van der Waals surface area (Å²) in [7, 11) is 0. The van der Waals surface area contributed by atoms with Crippen LogP contribution in [0.5, 0.6) is 5.75 Å². The average molecular weight is 520 g/mol. The molecule has 36 heavy (non-hydrogen) atoms. The van der Waals surface area contributed by atoms with E-state index < -0.39 is 10.8 Å². The fourth-order valence-electron chi connectivity index (χ4n) is 3.06. The molecule has 0 saturated carbocycles. The summed E-state index contributed by atoms with van der Waals surface area (Å²) in [6, 6.07) is 20.3. The molecule has 0 aliphatic carbocycles. The zero-order chi connectivity index (χ0) is 25.3. The number of hydrogen-bond donors (Lipinski definition) is 1. The number of rotatable bonds is 9. The number of para-hydroxylation sites is 1. The molecule has 0 radical (unpaired) electrons. The highest BCUT2D eigenvalue weighted by atomic mass is 35.5. The third kappa shape index (κ3) is 6.44. The van der Waals surface area contributed by atoms with Crippen LogP contribution in [0.3, 0.4) is 0 Å². The fourth-order valence-corrected chi connectivity index (χ4v) is 4.05. The van der Waals surface area contributed by atoms with Crippen LogP contribution in [0.2, 0.25) is 5.02 Å². The van der Waals surface area contributed by atoms with Crippen LogP contribution in [0, 0.1) is 10.1 Å². The molecule has 1 heterocycles. The van der Waals surface area contributed by atoms with Crippen molar-refractivity contribution in [1.82, 2.24) is 15.4 Å². The van der Waals surface area contributed by atoms with Crippen LogP contribution in [0.1, 0.15) is 21.5 Å². The van der Waals surface area contributed by atoms with E-state index in [4.69, 9.17) is 16.3 Å². The molecular weight excluding hydrogens is 502 g/mol. The minimum atomic E-state index is -0.496. The van der Waals surface area contributed by atoms with E-state index in [-0.39, 0.29) is 17.9 Å². The molecule has 4 rings (SSSR count). The van der Waals surface area contributed by atoms with Crippen molar-refractivity contribution in [3.63, 3.8) is 0 Å². The Hall–Kier alpha value is -4.28. The number of hydrogen-bond acceptors (Lipinski definition) is 8. The lowest BCUT2D eigenvalue weighted by Crippen LogP contribution is -2.18. The molecule has 0 aliphatic rings. The van der Waals surface area contributed by atoms with Crippen LogP contribution >= 0.6 is 23.4 Å². The van der Waals surface area contributed by atoms with E-state index in [1.807, 2.05) is 18.2 Å². The standard InChI is InChI=1S/C25H18ClN5O4S/c26-20-8-3-1-6-18(20)16-35-22-9-4-2-7-19(22)24(32)30-29-15-17-10-11-23(21(14-17)31(33)34)36-25-27-12-5-13-28-25/h1-15H,16H2,(H,30,32)/b29-15+. The van der Waals surface area contributed by atoms with Crippen molar-refractivity contribution in [2.75, 3.05) is 0 Å². The first kappa shape index (κ1) is 24.8. The molecule has 0 aliphatic heterocycles. The van der Waals surface area contributed by atoms with E-state index >= 15 is 0 Å². The van der Waals surface area contributed by atoms with Crippen molar-refractivity contribution in [2.45, 2.75) is 16.7 Å². The second-order valence-electron chi connectivity index (χ2n) is 7.19.